The van der Waals surface area contributed by atoms with Crippen LogP contribution in [0.1, 0.15) is 0 Å². The van der Waals surface area contributed by atoms with Crippen molar-refractivity contribution in [1.82, 2.24) is 5.53 Å². The van der Waals surface area contributed by atoms with E-state index in [1.807, 2.05) is 0 Å². The van der Waals surface area contributed by atoms with E-state index < -0.39 is 0 Å². The highest BCUT2D eigenvalue weighted by molar-refractivity contribution is 5.42. The lowest BCUT2D eigenvalue weighted by Crippen LogP contribution is -2.83. The van der Waals surface area contributed by atoms with Gasteiger partial charge in [-0.05, 0) is 0 Å². The molecule has 0 aliphatic heterocycles. The fourth-order valence-electron chi connectivity index (χ4n) is 0.0481. The number of nitrogens with one attached hydrogen (secondary N) is 2. The van der Waals surface area contributed by atoms with Crippen LogP contribution >= 0.6 is 0 Å². The second-order valence-electron chi connectivity index (χ2n) is 0.455. The second kappa shape index (κ2) is 3.23. The number of hydrazine groups is 2. The molecule has 4 nitrogen and oxygen atoms in total. The Hall–Kier alpha value is -0.770. The average Bonchev–Trinajstić information content (AvgIpc) is 1.41. The van der Waals surface area contributed by atoms with Crippen molar-refractivity contribution in [3.63, 3.8) is 0 Å². The molecule has 0 heterocycles. The lowest BCUT2D eigenvalue weighted by atomic mass is 11.4. The molecule has 0 atom stereocenters. The van der Waals surface area contributed by atoms with Gasteiger partial charge in [-0.25, -0.2) is 5.84 Å². The molecule has 4 heteroatoms. The molecule has 5 heavy (non-hydrogen) atoms. The molecule has 6 N–H and O–H groups in total. The van der Waals surface area contributed by atoms with Crippen molar-refractivity contribution in [2.24, 2.45) is 11.6 Å². The predicted molar refractivity (Wildman–Crippen MR) is 18.5 cm³/mol. The average molecular weight is 75.1 g/mol. The van der Waals surface area contributed by atoms with Crippen LogP contribution in [0, 0.1) is 0 Å². The molecule has 0 amide bonds. The van der Waals surface area contributed by atoms with Crippen molar-refractivity contribution >= 4 is 6.34 Å². The Morgan fingerprint density at radius 2 is 2.40 bits per heavy atom. The normalized spacial score (nSPS) is 9.00. The van der Waals surface area contributed by atoms with E-state index in [4.69, 9.17) is 5.73 Å². The van der Waals surface area contributed by atoms with Gasteiger partial charge in [0.2, 0.25) is 0 Å². The van der Waals surface area contributed by atoms with E-state index in [1.54, 1.807) is 0 Å². The highest BCUT2D eigenvalue weighted by Gasteiger charge is 1.49. The molecule has 0 radical (unpaired) electrons. The summed E-state index contributed by atoms with van der Waals surface area (Å²) in [4.78, 5) is 0. The Bertz CT molecular complexity index is 30.6. The predicted octanol–water partition coefficient (Wildman–Crippen LogP) is -3.57. The summed E-state index contributed by atoms with van der Waals surface area (Å²) in [6.07, 6.45) is 1.19. The van der Waals surface area contributed by atoms with Gasteiger partial charge in [0.25, 0.3) is 6.34 Å². The summed E-state index contributed by atoms with van der Waals surface area (Å²) in [5, 5.41) is 2.29. The molecule has 0 aromatic heterocycles. The minimum absolute atomic E-state index is 1.19. The quantitative estimate of drug-likeness (QED) is 0.113. The topological polar surface area (TPSA) is 78.0 Å². The highest BCUT2D eigenvalue weighted by atomic mass is 15.5. The Kier molecular flexibility index (Phi) is 2.73. The Morgan fingerprint density at radius 1 is 1.80 bits per heavy atom. The van der Waals surface area contributed by atoms with Gasteiger partial charge >= 0.3 is 0 Å². The smallest absolute Gasteiger partial charge is 0.251 e. The number of hydrogen-bond acceptors (Lipinski definition) is 2. The third-order valence-corrected chi connectivity index (χ3v) is 0.167. The fraction of sp³-hybridized carbons (Fsp3) is 0. The fourth-order valence-corrected chi connectivity index (χ4v) is 0.0481. The first-order chi connectivity index (χ1) is 2.41. The SMILES string of the molecule is N/C=[NH+]\NN. The first-order valence-corrected chi connectivity index (χ1v) is 1.16. The van der Waals surface area contributed by atoms with E-state index in [-0.39, 0.29) is 0 Å². The van der Waals surface area contributed by atoms with Crippen molar-refractivity contribution in [1.29, 1.82) is 0 Å². The summed E-state index contributed by atoms with van der Waals surface area (Å²) in [6.45, 7) is 0. The van der Waals surface area contributed by atoms with Gasteiger partial charge in [0.15, 0.2) is 0 Å². The molecule has 0 spiro atoms. The summed E-state index contributed by atoms with van der Waals surface area (Å²) in [5.74, 6) is 4.67. The third-order valence-electron chi connectivity index (χ3n) is 0.167. The van der Waals surface area contributed by atoms with E-state index in [1.165, 1.54) is 6.34 Å². The largest absolute Gasteiger partial charge is 0.292 e. The van der Waals surface area contributed by atoms with Crippen molar-refractivity contribution in [3.05, 3.63) is 0 Å². The molecular formula is CH7N4+. The zero-order chi connectivity index (χ0) is 4.12. The summed E-state index contributed by atoms with van der Waals surface area (Å²) >= 11 is 0. The van der Waals surface area contributed by atoms with Crippen molar-refractivity contribution in [2.45, 2.75) is 0 Å². The van der Waals surface area contributed by atoms with Crippen LogP contribution in [0.25, 0.3) is 0 Å². The minimum atomic E-state index is 1.19. The lowest BCUT2D eigenvalue weighted by molar-refractivity contribution is -0.524. The standard InChI is InChI=1S/CH6N4/c2-1-4-5-3/h1,5H,3H2,(H2,2,4)/p+1. The van der Waals surface area contributed by atoms with Crippen LogP contribution in [0.2, 0.25) is 0 Å². The van der Waals surface area contributed by atoms with Gasteiger partial charge in [-0.15, -0.1) is 0 Å². The number of hydrogen-bond donors (Lipinski definition) is 4. The monoisotopic (exact) mass is 75.1 g/mol. The Labute approximate surface area is 29.8 Å². The molecule has 0 rings (SSSR count). The van der Waals surface area contributed by atoms with Crippen LogP contribution in [0.4, 0.5) is 0 Å². The highest BCUT2D eigenvalue weighted by Crippen LogP contribution is 0.678. The van der Waals surface area contributed by atoms with Gasteiger partial charge in [-0.2, -0.15) is 10.6 Å². The van der Waals surface area contributed by atoms with Crippen LogP contribution in [0.15, 0.2) is 0 Å². The van der Waals surface area contributed by atoms with E-state index in [2.05, 4.69) is 16.5 Å². The zero-order valence-electron chi connectivity index (χ0n) is 2.73. The van der Waals surface area contributed by atoms with E-state index in [9.17, 15) is 0 Å². The van der Waals surface area contributed by atoms with Crippen molar-refractivity contribution < 1.29 is 5.10 Å². The number of rotatable bonds is 1. The molecule has 0 aromatic carbocycles. The van der Waals surface area contributed by atoms with Gasteiger partial charge in [-0.1, -0.05) is 0 Å². The van der Waals surface area contributed by atoms with Gasteiger partial charge < -0.3 is 0 Å². The first-order valence-electron chi connectivity index (χ1n) is 1.16. The van der Waals surface area contributed by atoms with Crippen LogP contribution < -0.4 is 22.2 Å². The summed E-state index contributed by atoms with van der Waals surface area (Å²) in [6, 6.07) is 0. The van der Waals surface area contributed by atoms with Gasteiger partial charge in [0, 0.05) is 0 Å². The number of hydrazone groups is 1. The minimum Gasteiger partial charge on any atom is -0.292 e. The Morgan fingerprint density at radius 3 is 2.40 bits per heavy atom. The van der Waals surface area contributed by atoms with Crippen LogP contribution in [0.5, 0.6) is 0 Å². The molecule has 0 saturated carbocycles. The van der Waals surface area contributed by atoms with Crippen LogP contribution in [-0.4, -0.2) is 6.34 Å². The molecule has 0 aliphatic rings. The maximum Gasteiger partial charge on any atom is 0.251 e. The molecule has 0 fully saturated rings. The molecule has 0 aliphatic carbocycles. The van der Waals surface area contributed by atoms with Gasteiger partial charge in [-0.3, -0.25) is 5.73 Å². The van der Waals surface area contributed by atoms with Gasteiger partial charge in [0.05, 0.1) is 0 Å². The lowest BCUT2D eigenvalue weighted by Gasteiger charge is -1.72. The molecule has 0 unspecified atom stereocenters. The van der Waals surface area contributed by atoms with Crippen LogP contribution in [-0.2, 0) is 0 Å². The molecule has 0 aromatic rings. The maximum absolute atomic E-state index is 4.76. The molecule has 0 bridgehead atoms. The van der Waals surface area contributed by atoms with E-state index in [0.29, 0.717) is 0 Å². The van der Waals surface area contributed by atoms with Crippen LogP contribution in [0.3, 0.4) is 0 Å². The first kappa shape index (κ1) is 4.23. The second-order valence-corrected chi connectivity index (χ2v) is 0.455. The number of nitrogens with two attached hydrogens (primary N) is 2. The third kappa shape index (κ3) is 3.23. The summed E-state index contributed by atoms with van der Waals surface area (Å²) < 4.78 is 0. The summed E-state index contributed by atoms with van der Waals surface area (Å²) in [5.41, 5.74) is 6.85. The molecule has 0 saturated heterocycles. The van der Waals surface area contributed by atoms with E-state index >= 15 is 0 Å². The molecule has 30 valence electrons. The van der Waals surface area contributed by atoms with Crippen molar-refractivity contribution in [2.75, 3.05) is 0 Å². The van der Waals surface area contributed by atoms with E-state index in [0.717, 1.165) is 0 Å². The van der Waals surface area contributed by atoms with Gasteiger partial charge in [0.1, 0.15) is 0 Å². The summed E-state index contributed by atoms with van der Waals surface area (Å²) in [7, 11) is 0. The van der Waals surface area contributed by atoms with Crippen molar-refractivity contribution in [3.8, 4) is 0 Å². The molecular weight excluding hydrogens is 68.0 g/mol. The zero-order valence-corrected chi connectivity index (χ0v) is 2.73. The maximum atomic E-state index is 4.76. The Balaban J connectivity index is 2.62.